The quantitative estimate of drug-likeness (QED) is 0.719. The number of ketones is 1. The van der Waals surface area contributed by atoms with E-state index in [1.165, 1.54) is 38.6 Å². The molecule has 0 unspecified atom stereocenters. The molecule has 10 heteroatoms. The molecule has 1 aromatic heterocycles. The van der Waals surface area contributed by atoms with Crippen LogP contribution in [0.15, 0.2) is 35.6 Å². The Hall–Kier alpha value is -3.17. The van der Waals surface area contributed by atoms with E-state index in [4.69, 9.17) is 15.2 Å². The van der Waals surface area contributed by atoms with Gasteiger partial charge in [-0.1, -0.05) is 6.07 Å². The van der Waals surface area contributed by atoms with Gasteiger partial charge in [0.1, 0.15) is 23.2 Å². The summed E-state index contributed by atoms with van der Waals surface area (Å²) in [5, 5.41) is 0. The molecule has 7 nitrogen and oxygen atoms in total. The van der Waals surface area contributed by atoms with E-state index in [1.54, 1.807) is 0 Å². The lowest BCUT2D eigenvalue weighted by molar-refractivity contribution is -0.0230. The average molecular weight is 422 g/mol. The Morgan fingerprint density at radius 3 is 2.70 bits per heavy atom. The van der Waals surface area contributed by atoms with Crippen LogP contribution >= 0.6 is 0 Å². The second-order valence-corrected chi connectivity index (χ2v) is 7.12. The Labute approximate surface area is 171 Å². The zero-order chi connectivity index (χ0) is 22.1. The first kappa shape index (κ1) is 21.5. The van der Waals surface area contributed by atoms with E-state index in [0.717, 1.165) is 13.0 Å². The molecule has 2 N–H and O–H groups in total. The van der Waals surface area contributed by atoms with E-state index in [1.807, 2.05) is 0 Å². The lowest BCUT2D eigenvalue weighted by atomic mass is 9.82. The Bertz CT molecular complexity index is 968. The van der Waals surface area contributed by atoms with Crippen molar-refractivity contribution < 1.29 is 27.4 Å². The molecule has 0 amide bonds. The molecule has 0 saturated carbocycles. The number of carbonyl (C=O) groups excluding carboxylic acids is 1. The van der Waals surface area contributed by atoms with Crippen molar-refractivity contribution in [3.05, 3.63) is 53.2 Å². The number of hydrogen-bond acceptors (Lipinski definition) is 7. The van der Waals surface area contributed by atoms with Crippen LogP contribution in [-0.2, 0) is 16.7 Å². The van der Waals surface area contributed by atoms with E-state index < -0.39 is 35.8 Å². The summed E-state index contributed by atoms with van der Waals surface area (Å²) in [7, 11) is 1.42. The molecule has 30 heavy (non-hydrogen) atoms. The minimum atomic E-state index is -2.00. The highest BCUT2D eigenvalue weighted by atomic mass is 19.1. The van der Waals surface area contributed by atoms with Crippen LogP contribution < -0.4 is 10.5 Å². The molecule has 0 bridgehead atoms. The van der Waals surface area contributed by atoms with Crippen LogP contribution in [0.1, 0.15) is 35.5 Å². The average Bonchev–Trinajstić information content (AvgIpc) is 2.71. The van der Waals surface area contributed by atoms with Gasteiger partial charge in [0, 0.05) is 12.0 Å². The van der Waals surface area contributed by atoms with Crippen LogP contribution in [0.2, 0.25) is 0 Å². The highest BCUT2D eigenvalue weighted by Gasteiger charge is 2.49. The summed E-state index contributed by atoms with van der Waals surface area (Å²) in [5.74, 6) is -0.886. The number of nitrogens with zero attached hydrogens (tertiary/aromatic N) is 3. The van der Waals surface area contributed by atoms with Crippen molar-refractivity contribution in [1.29, 1.82) is 0 Å². The van der Waals surface area contributed by atoms with Crippen molar-refractivity contribution in [3.63, 3.8) is 0 Å². The van der Waals surface area contributed by atoms with Gasteiger partial charge in [-0.3, -0.25) is 4.79 Å². The number of methoxy groups -OCH3 is 1. The fourth-order valence-corrected chi connectivity index (χ4v) is 3.28. The Morgan fingerprint density at radius 1 is 1.37 bits per heavy atom. The van der Waals surface area contributed by atoms with Gasteiger partial charge in [0.25, 0.3) is 6.02 Å². The van der Waals surface area contributed by atoms with Crippen LogP contribution in [0.4, 0.5) is 13.2 Å². The highest BCUT2D eigenvalue weighted by molar-refractivity contribution is 5.95. The summed E-state index contributed by atoms with van der Waals surface area (Å²) in [6.45, 7) is 2.43. The number of hydrogen-bond donors (Lipinski definition) is 1. The van der Waals surface area contributed by atoms with Gasteiger partial charge in [-0.25, -0.2) is 28.1 Å². The van der Waals surface area contributed by atoms with Crippen LogP contribution in [0, 0.1) is 5.82 Å². The number of halogens is 3. The maximum absolute atomic E-state index is 15.1. The fraction of sp³-hybridized carbons (Fsp3) is 0.400. The van der Waals surface area contributed by atoms with Gasteiger partial charge in [0.15, 0.2) is 18.1 Å². The van der Waals surface area contributed by atoms with E-state index in [9.17, 15) is 13.6 Å². The summed E-state index contributed by atoms with van der Waals surface area (Å²) >= 11 is 0. The van der Waals surface area contributed by atoms with Gasteiger partial charge in [-0.2, -0.15) is 0 Å². The van der Waals surface area contributed by atoms with Crippen molar-refractivity contribution in [2.75, 3.05) is 7.11 Å². The number of rotatable bonds is 6. The lowest BCUT2D eigenvalue weighted by Crippen LogP contribution is -2.52. The molecule has 0 aliphatic carbocycles. The molecule has 1 aromatic carbocycles. The fourth-order valence-electron chi connectivity index (χ4n) is 3.28. The molecule has 4 atom stereocenters. The third-order valence-electron chi connectivity index (χ3n) is 4.94. The summed E-state index contributed by atoms with van der Waals surface area (Å²) in [6.07, 6.45) is -2.81. The van der Waals surface area contributed by atoms with Crippen LogP contribution in [-0.4, -0.2) is 47.3 Å². The molecule has 2 aromatic rings. The highest BCUT2D eigenvalue weighted by Crippen LogP contribution is 2.39. The van der Waals surface area contributed by atoms with Gasteiger partial charge >= 0.3 is 0 Å². The number of amidine groups is 1. The first-order valence-electron chi connectivity index (χ1n) is 9.14. The van der Waals surface area contributed by atoms with E-state index in [2.05, 4.69) is 15.0 Å². The molecule has 160 valence electrons. The first-order chi connectivity index (χ1) is 14.2. The third-order valence-corrected chi connectivity index (χ3v) is 4.94. The molecular formula is C20H21F3N4O3. The lowest BCUT2D eigenvalue weighted by Gasteiger charge is -2.39. The Kier molecular flexibility index (Phi) is 5.95. The number of aliphatic imine (C=N–C) groups is 1. The zero-order valence-corrected chi connectivity index (χ0v) is 16.6. The minimum absolute atomic E-state index is 0.0934. The monoisotopic (exact) mass is 422 g/mol. The number of carbonyl (C=O) groups is 1. The topological polar surface area (TPSA) is 99.7 Å². The maximum atomic E-state index is 15.1. The zero-order valence-electron chi connectivity index (χ0n) is 16.6. The number of aromatic nitrogens is 2. The van der Waals surface area contributed by atoms with Gasteiger partial charge in [0.2, 0.25) is 5.88 Å². The van der Waals surface area contributed by atoms with Crippen molar-refractivity contribution in [1.82, 2.24) is 9.97 Å². The van der Waals surface area contributed by atoms with Crippen molar-refractivity contribution in [2.24, 2.45) is 10.7 Å². The third kappa shape index (κ3) is 4.07. The normalized spacial score (nSPS) is 24.5. The van der Waals surface area contributed by atoms with Gasteiger partial charge < -0.3 is 15.2 Å². The minimum Gasteiger partial charge on any atom is -0.480 e. The van der Waals surface area contributed by atoms with E-state index >= 15 is 4.39 Å². The number of ether oxygens (including phenoxy) is 2. The maximum Gasteiger partial charge on any atom is 0.283 e. The predicted octanol–water partition coefficient (Wildman–Crippen LogP) is 2.67. The molecule has 0 radical (unpaired) electrons. The predicted molar refractivity (Wildman–Crippen MR) is 102 cm³/mol. The number of benzene rings is 1. The van der Waals surface area contributed by atoms with Gasteiger partial charge in [-0.15, -0.1) is 0 Å². The van der Waals surface area contributed by atoms with E-state index in [-0.39, 0.29) is 29.3 Å². The van der Waals surface area contributed by atoms with Crippen LogP contribution in [0.5, 0.6) is 5.88 Å². The SMILES string of the molecule is COc1cnc(C(=O)Cc2ccc(F)c([C@@]3(C)N=C(N)O[C@H]([C@@H](C)F)[C@@H]3F)c2)cn1. The summed E-state index contributed by atoms with van der Waals surface area (Å²) in [6, 6.07) is 3.38. The molecule has 0 spiro atoms. The number of nitrogens with two attached hydrogens (primary N) is 1. The second-order valence-electron chi connectivity index (χ2n) is 7.12. The number of Topliss-reactive ketones (excluding diaryl/α,β-unsaturated/α-hetero) is 1. The largest absolute Gasteiger partial charge is 0.480 e. The summed E-state index contributed by atoms with van der Waals surface area (Å²) in [5.41, 5.74) is 4.11. The second kappa shape index (κ2) is 8.29. The van der Waals surface area contributed by atoms with Crippen LogP contribution in [0.25, 0.3) is 0 Å². The summed E-state index contributed by atoms with van der Waals surface area (Å²) < 4.78 is 53.5. The first-order valence-corrected chi connectivity index (χ1v) is 9.14. The molecule has 1 aliphatic rings. The van der Waals surface area contributed by atoms with E-state index in [0.29, 0.717) is 5.56 Å². The molecule has 0 fully saturated rings. The standard InChI is InChI=1S/C20H21F3N4O3/c1-10(21)17-18(23)20(2,27-19(24)30-17)12-6-11(4-5-13(12)22)7-15(28)14-8-26-16(29-3)9-25-14/h4-6,8-10,17-18H,7H2,1-3H3,(H2,24,27)/t10-,17-,18+,20-/m1/s1. The summed E-state index contributed by atoms with van der Waals surface area (Å²) in [4.78, 5) is 24.3. The Morgan fingerprint density at radius 2 is 2.10 bits per heavy atom. The van der Waals surface area contributed by atoms with Gasteiger partial charge in [0.05, 0.1) is 19.5 Å². The van der Waals surface area contributed by atoms with Crippen molar-refractivity contribution in [2.45, 2.75) is 44.3 Å². The van der Waals surface area contributed by atoms with Crippen LogP contribution in [0.3, 0.4) is 0 Å². The molecule has 0 saturated heterocycles. The molecular weight excluding hydrogens is 401 g/mol. The smallest absolute Gasteiger partial charge is 0.283 e. The van der Waals surface area contributed by atoms with Crippen molar-refractivity contribution in [3.8, 4) is 5.88 Å². The molecule has 2 heterocycles. The molecule has 1 aliphatic heterocycles. The Balaban J connectivity index is 1.92. The van der Waals surface area contributed by atoms with Gasteiger partial charge in [-0.05, 0) is 31.5 Å². The number of alkyl halides is 2. The molecule has 3 rings (SSSR count). The van der Waals surface area contributed by atoms with Crippen molar-refractivity contribution >= 4 is 11.8 Å².